The molecule has 2 rings (SSSR count). The van der Waals surface area contributed by atoms with E-state index in [0.29, 0.717) is 12.5 Å². The molecule has 1 aromatic heterocycles. The SMILES string of the molecule is CN(C)C(=O)CNC(=NCc1ccnn1C)NCCCN1CCOCC1. The molecule has 0 aromatic carbocycles. The van der Waals surface area contributed by atoms with Crippen molar-refractivity contribution in [1.82, 2.24) is 30.2 Å². The maximum Gasteiger partial charge on any atom is 0.241 e. The summed E-state index contributed by atoms with van der Waals surface area (Å²) < 4.78 is 7.16. The van der Waals surface area contributed by atoms with E-state index in [2.05, 4.69) is 25.6 Å². The fraction of sp³-hybridized carbons (Fsp3) is 0.706. The zero-order valence-electron chi connectivity index (χ0n) is 16.1. The van der Waals surface area contributed by atoms with E-state index >= 15 is 0 Å². The zero-order valence-corrected chi connectivity index (χ0v) is 16.1. The number of aryl methyl sites for hydroxylation is 1. The van der Waals surface area contributed by atoms with Crippen LogP contribution in [0.5, 0.6) is 0 Å². The lowest BCUT2D eigenvalue weighted by Gasteiger charge is -2.26. The predicted octanol–water partition coefficient (Wildman–Crippen LogP) is -0.734. The van der Waals surface area contributed by atoms with Gasteiger partial charge in [-0.15, -0.1) is 0 Å². The second-order valence-corrected chi connectivity index (χ2v) is 6.49. The van der Waals surface area contributed by atoms with E-state index in [4.69, 9.17) is 4.74 Å². The van der Waals surface area contributed by atoms with Gasteiger partial charge in [-0.2, -0.15) is 5.10 Å². The summed E-state index contributed by atoms with van der Waals surface area (Å²) in [6, 6.07) is 1.94. The van der Waals surface area contributed by atoms with Gasteiger partial charge in [0.25, 0.3) is 0 Å². The summed E-state index contributed by atoms with van der Waals surface area (Å²) in [4.78, 5) is 20.4. The molecule has 1 aliphatic rings. The molecule has 0 bridgehead atoms. The summed E-state index contributed by atoms with van der Waals surface area (Å²) in [5.74, 6) is 0.650. The Morgan fingerprint density at radius 3 is 2.77 bits per heavy atom. The molecular formula is C17H31N7O2. The number of hydrogen-bond acceptors (Lipinski definition) is 5. The first-order valence-corrected chi connectivity index (χ1v) is 9.05. The van der Waals surface area contributed by atoms with Crippen molar-refractivity contribution in [3.63, 3.8) is 0 Å². The molecule has 0 unspecified atom stereocenters. The highest BCUT2D eigenvalue weighted by molar-refractivity contribution is 5.86. The van der Waals surface area contributed by atoms with Crippen LogP contribution in [0.25, 0.3) is 0 Å². The van der Waals surface area contributed by atoms with E-state index in [9.17, 15) is 4.79 Å². The highest BCUT2D eigenvalue weighted by atomic mass is 16.5. The van der Waals surface area contributed by atoms with Gasteiger partial charge in [-0.1, -0.05) is 0 Å². The van der Waals surface area contributed by atoms with E-state index < -0.39 is 0 Å². The number of carbonyl (C=O) groups excluding carboxylic acids is 1. The molecule has 9 nitrogen and oxygen atoms in total. The molecular weight excluding hydrogens is 334 g/mol. The van der Waals surface area contributed by atoms with Crippen molar-refractivity contribution in [1.29, 1.82) is 0 Å². The third kappa shape index (κ3) is 7.01. The van der Waals surface area contributed by atoms with Crippen LogP contribution < -0.4 is 10.6 Å². The molecule has 1 saturated heterocycles. The van der Waals surface area contributed by atoms with Gasteiger partial charge in [0.15, 0.2) is 5.96 Å². The molecule has 1 aromatic rings. The fourth-order valence-electron chi connectivity index (χ4n) is 2.54. The largest absolute Gasteiger partial charge is 0.379 e. The van der Waals surface area contributed by atoms with Gasteiger partial charge in [-0.05, 0) is 19.0 Å². The molecule has 2 heterocycles. The van der Waals surface area contributed by atoms with Crippen LogP contribution in [0, 0.1) is 0 Å². The normalized spacial score (nSPS) is 15.7. The molecule has 0 spiro atoms. The average Bonchev–Trinajstić information content (AvgIpc) is 3.05. The Hall–Kier alpha value is -2.13. The minimum Gasteiger partial charge on any atom is -0.379 e. The molecule has 0 saturated carbocycles. The van der Waals surface area contributed by atoms with Crippen LogP contribution in [-0.2, 0) is 23.1 Å². The lowest BCUT2D eigenvalue weighted by molar-refractivity contribution is -0.127. The molecule has 0 radical (unpaired) electrons. The number of aliphatic imine (C=N–C) groups is 1. The summed E-state index contributed by atoms with van der Waals surface area (Å²) in [6.45, 7) is 6.18. The van der Waals surface area contributed by atoms with E-state index in [0.717, 1.165) is 51.5 Å². The van der Waals surface area contributed by atoms with Gasteiger partial charge in [0, 0.05) is 47.0 Å². The minimum absolute atomic E-state index is 0.00773. The topological polar surface area (TPSA) is 87.0 Å². The van der Waals surface area contributed by atoms with Crippen LogP contribution in [0.4, 0.5) is 0 Å². The first kappa shape index (κ1) is 20.2. The van der Waals surface area contributed by atoms with Gasteiger partial charge in [0.2, 0.25) is 5.91 Å². The molecule has 1 aliphatic heterocycles. The second-order valence-electron chi connectivity index (χ2n) is 6.49. The Balaban J connectivity index is 1.80. The Bertz CT molecular complexity index is 579. The Kier molecular flexibility index (Phi) is 8.36. The Morgan fingerprint density at radius 1 is 1.35 bits per heavy atom. The molecule has 9 heteroatoms. The summed E-state index contributed by atoms with van der Waals surface area (Å²) in [7, 11) is 5.38. The molecule has 0 atom stereocenters. The third-order valence-electron chi connectivity index (χ3n) is 4.27. The van der Waals surface area contributed by atoms with Crippen molar-refractivity contribution in [2.24, 2.45) is 12.0 Å². The van der Waals surface area contributed by atoms with E-state index in [1.807, 2.05) is 13.1 Å². The summed E-state index contributed by atoms with van der Waals surface area (Å²) in [5, 5.41) is 10.6. The number of likely N-dealkylation sites (N-methyl/N-ethyl adjacent to an activating group) is 1. The van der Waals surface area contributed by atoms with Gasteiger partial charge in [-0.3, -0.25) is 14.4 Å². The van der Waals surface area contributed by atoms with Crippen molar-refractivity contribution in [2.75, 3.05) is 60.0 Å². The standard InChI is InChI=1S/C17H31N7O2/c1-22(2)16(25)14-20-17(19-13-15-5-7-21-23(15)3)18-6-4-8-24-9-11-26-12-10-24/h5,7H,4,6,8-14H2,1-3H3,(H2,18,19,20). The van der Waals surface area contributed by atoms with Crippen molar-refractivity contribution >= 4 is 11.9 Å². The predicted molar refractivity (Wildman–Crippen MR) is 101 cm³/mol. The molecule has 1 amide bonds. The number of rotatable bonds is 8. The second kappa shape index (κ2) is 10.8. The third-order valence-corrected chi connectivity index (χ3v) is 4.27. The van der Waals surface area contributed by atoms with Crippen LogP contribution in [0.1, 0.15) is 12.1 Å². The maximum atomic E-state index is 11.8. The number of carbonyl (C=O) groups is 1. The number of hydrogen-bond donors (Lipinski definition) is 2. The van der Waals surface area contributed by atoms with Crippen LogP contribution in [-0.4, -0.2) is 91.5 Å². The van der Waals surface area contributed by atoms with Gasteiger partial charge in [-0.25, -0.2) is 4.99 Å². The summed E-state index contributed by atoms with van der Waals surface area (Å²) in [6.07, 6.45) is 2.76. The van der Waals surface area contributed by atoms with Gasteiger partial charge >= 0.3 is 0 Å². The quantitative estimate of drug-likeness (QED) is 0.359. The molecule has 2 N–H and O–H groups in total. The highest BCUT2D eigenvalue weighted by Crippen LogP contribution is 1.99. The van der Waals surface area contributed by atoms with Crippen LogP contribution >= 0.6 is 0 Å². The van der Waals surface area contributed by atoms with E-state index in [-0.39, 0.29) is 12.5 Å². The molecule has 0 aliphatic carbocycles. The summed E-state index contributed by atoms with van der Waals surface area (Å²) >= 11 is 0. The first-order chi connectivity index (χ1) is 12.6. The number of nitrogens with one attached hydrogen (secondary N) is 2. The average molecular weight is 365 g/mol. The van der Waals surface area contributed by atoms with Crippen LogP contribution in [0.15, 0.2) is 17.3 Å². The lowest BCUT2D eigenvalue weighted by atomic mass is 10.3. The highest BCUT2D eigenvalue weighted by Gasteiger charge is 2.10. The van der Waals surface area contributed by atoms with Gasteiger partial charge < -0.3 is 20.3 Å². The number of ether oxygens (including phenoxy) is 1. The Labute approximate surface area is 155 Å². The minimum atomic E-state index is 0.00773. The van der Waals surface area contributed by atoms with Crippen molar-refractivity contribution in [2.45, 2.75) is 13.0 Å². The smallest absolute Gasteiger partial charge is 0.241 e. The zero-order chi connectivity index (χ0) is 18.8. The van der Waals surface area contributed by atoms with E-state index in [1.165, 1.54) is 0 Å². The van der Waals surface area contributed by atoms with Crippen molar-refractivity contribution in [3.05, 3.63) is 18.0 Å². The molecule has 26 heavy (non-hydrogen) atoms. The number of nitrogens with zero attached hydrogens (tertiary/aromatic N) is 5. The van der Waals surface area contributed by atoms with Crippen molar-refractivity contribution in [3.8, 4) is 0 Å². The molecule has 1 fully saturated rings. The monoisotopic (exact) mass is 365 g/mol. The number of amides is 1. The van der Waals surface area contributed by atoms with Crippen molar-refractivity contribution < 1.29 is 9.53 Å². The summed E-state index contributed by atoms with van der Waals surface area (Å²) in [5.41, 5.74) is 1.01. The molecule has 146 valence electrons. The van der Waals surface area contributed by atoms with Crippen LogP contribution in [0.2, 0.25) is 0 Å². The Morgan fingerprint density at radius 2 is 2.12 bits per heavy atom. The van der Waals surface area contributed by atoms with E-state index in [1.54, 1.807) is 29.9 Å². The van der Waals surface area contributed by atoms with Gasteiger partial charge in [0.1, 0.15) is 0 Å². The maximum absolute atomic E-state index is 11.8. The number of guanidine groups is 1. The van der Waals surface area contributed by atoms with Crippen LogP contribution in [0.3, 0.4) is 0 Å². The van der Waals surface area contributed by atoms with Gasteiger partial charge in [0.05, 0.1) is 32.0 Å². The first-order valence-electron chi connectivity index (χ1n) is 9.05. The number of aromatic nitrogens is 2. The number of morpholine rings is 1. The fourth-order valence-corrected chi connectivity index (χ4v) is 2.54. The lowest BCUT2D eigenvalue weighted by Crippen LogP contribution is -2.44.